The molecule has 0 aliphatic carbocycles. The van der Waals surface area contributed by atoms with Gasteiger partial charge >= 0.3 is 5.97 Å². The number of nitrogens with one attached hydrogen (secondary N) is 1. The summed E-state index contributed by atoms with van der Waals surface area (Å²) in [7, 11) is 0. The zero-order chi connectivity index (χ0) is 11.7. The van der Waals surface area contributed by atoms with Crippen LogP contribution in [0, 0.1) is 0 Å². The van der Waals surface area contributed by atoms with Crippen LogP contribution in [0.25, 0.3) is 0 Å². The molecule has 1 aliphatic rings. The van der Waals surface area contributed by atoms with Crippen molar-refractivity contribution in [3.63, 3.8) is 0 Å². The van der Waals surface area contributed by atoms with Gasteiger partial charge in [0.05, 0.1) is 18.2 Å². The lowest BCUT2D eigenvalue weighted by Crippen LogP contribution is -2.40. The molecule has 0 fully saturated rings. The number of ether oxygens (including phenoxy) is 1. The third kappa shape index (κ3) is 2.03. The van der Waals surface area contributed by atoms with Crippen LogP contribution in [0.4, 0.5) is 11.4 Å². The number of fused-ring (bicyclic) bond motifs is 1. The largest absolute Gasteiger partial charge is 0.486 e. The first-order valence-corrected chi connectivity index (χ1v) is 5.11. The topological polar surface area (TPSA) is 84.6 Å². The first kappa shape index (κ1) is 10.6. The van der Waals surface area contributed by atoms with E-state index in [1.54, 1.807) is 18.2 Å². The summed E-state index contributed by atoms with van der Waals surface area (Å²) in [5.41, 5.74) is 7.12. The monoisotopic (exact) mass is 222 g/mol. The average molecular weight is 222 g/mol. The predicted octanol–water partition coefficient (Wildman–Crippen LogP) is 1.30. The minimum Gasteiger partial charge on any atom is -0.486 e. The van der Waals surface area contributed by atoms with Crippen molar-refractivity contribution in [2.45, 2.75) is 25.5 Å². The van der Waals surface area contributed by atoms with E-state index in [0.29, 0.717) is 11.4 Å². The van der Waals surface area contributed by atoms with Gasteiger partial charge in [-0.3, -0.25) is 4.79 Å². The van der Waals surface area contributed by atoms with E-state index in [-0.39, 0.29) is 18.6 Å². The fourth-order valence-electron chi connectivity index (χ4n) is 1.76. The van der Waals surface area contributed by atoms with Crippen molar-refractivity contribution in [1.82, 2.24) is 0 Å². The van der Waals surface area contributed by atoms with Crippen LogP contribution in [0.5, 0.6) is 5.75 Å². The summed E-state index contributed by atoms with van der Waals surface area (Å²) in [4.78, 5) is 10.7. The summed E-state index contributed by atoms with van der Waals surface area (Å²) in [6.45, 7) is 1.89. The van der Waals surface area contributed by atoms with Crippen LogP contribution >= 0.6 is 0 Å². The maximum atomic E-state index is 10.7. The van der Waals surface area contributed by atoms with E-state index in [1.165, 1.54) is 0 Å². The molecular weight excluding hydrogens is 208 g/mol. The number of carboxylic acids is 1. The molecule has 2 rings (SSSR count). The predicted molar refractivity (Wildman–Crippen MR) is 60.6 cm³/mol. The lowest BCUT2D eigenvalue weighted by molar-refractivity contribution is -0.139. The van der Waals surface area contributed by atoms with Crippen LogP contribution in [0.2, 0.25) is 0 Å². The van der Waals surface area contributed by atoms with Crippen LogP contribution < -0.4 is 15.8 Å². The van der Waals surface area contributed by atoms with E-state index in [0.717, 1.165) is 5.69 Å². The molecule has 5 nitrogen and oxygen atoms in total. The second-order valence-electron chi connectivity index (χ2n) is 3.94. The molecule has 0 saturated heterocycles. The molecule has 1 heterocycles. The normalized spacial score (nSPS) is 22.8. The first-order valence-electron chi connectivity index (χ1n) is 5.11. The van der Waals surface area contributed by atoms with Gasteiger partial charge in [0.25, 0.3) is 0 Å². The molecule has 0 amide bonds. The summed E-state index contributed by atoms with van der Waals surface area (Å²) in [6.07, 6.45) is -0.369. The lowest BCUT2D eigenvalue weighted by Gasteiger charge is -2.32. The highest BCUT2D eigenvalue weighted by Crippen LogP contribution is 2.33. The Hall–Kier alpha value is -1.91. The second kappa shape index (κ2) is 3.92. The van der Waals surface area contributed by atoms with Crippen molar-refractivity contribution in [1.29, 1.82) is 0 Å². The van der Waals surface area contributed by atoms with Gasteiger partial charge < -0.3 is 20.9 Å². The molecule has 5 heteroatoms. The maximum absolute atomic E-state index is 10.7. The van der Waals surface area contributed by atoms with Gasteiger partial charge in [-0.05, 0) is 25.1 Å². The molecule has 0 radical (unpaired) electrons. The molecular formula is C11H14N2O3. The van der Waals surface area contributed by atoms with Crippen LogP contribution in [0.1, 0.15) is 13.3 Å². The van der Waals surface area contributed by atoms with E-state index in [4.69, 9.17) is 15.6 Å². The third-order valence-corrected chi connectivity index (χ3v) is 2.60. The Morgan fingerprint density at radius 1 is 1.62 bits per heavy atom. The molecule has 1 aliphatic heterocycles. The van der Waals surface area contributed by atoms with Gasteiger partial charge in [-0.2, -0.15) is 0 Å². The molecule has 2 atom stereocenters. The van der Waals surface area contributed by atoms with Gasteiger partial charge in [-0.25, -0.2) is 0 Å². The molecule has 2 unspecified atom stereocenters. The average Bonchev–Trinajstić information content (AvgIpc) is 2.19. The quantitative estimate of drug-likeness (QED) is 0.657. The van der Waals surface area contributed by atoms with Gasteiger partial charge in [-0.15, -0.1) is 0 Å². The highest BCUT2D eigenvalue weighted by Gasteiger charge is 2.28. The molecule has 0 bridgehead atoms. The van der Waals surface area contributed by atoms with Crippen molar-refractivity contribution in [2.24, 2.45) is 0 Å². The molecule has 86 valence electrons. The van der Waals surface area contributed by atoms with Crippen molar-refractivity contribution < 1.29 is 14.6 Å². The SMILES string of the molecule is CC1Nc2cc(N)ccc2OC1CC(=O)O. The zero-order valence-electron chi connectivity index (χ0n) is 8.93. The molecule has 0 spiro atoms. The van der Waals surface area contributed by atoms with Gasteiger partial charge in [0.1, 0.15) is 11.9 Å². The number of nitrogen functional groups attached to an aromatic ring is 1. The fourth-order valence-corrected chi connectivity index (χ4v) is 1.76. The first-order chi connectivity index (χ1) is 7.56. The smallest absolute Gasteiger partial charge is 0.307 e. The molecule has 0 aromatic heterocycles. The van der Waals surface area contributed by atoms with Crippen molar-refractivity contribution in [3.05, 3.63) is 18.2 Å². The number of benzene rings is 1. The number of hydrogen-bond donors (Lipinski definition) is 3. The number of nitrogens with two attached hydrogens (primary N) is 1. The van der Waals surface area contributed by atoms with E-state index < -0.39 is 5.97 Å². The summed E-state index contributed by atoms with van der Waals surface area (Å²) < 4.78 is 5.61. The molecule has 4 N–H and O–H groups in total. The Morgan fingerprint density at radius 2 is 2.38 bits per heavy atom. The van der Waals surface area contributed by atoms with Crippen LogP contribution in [0.15, 0.2) is 18.2 Å². The standard InChI is InChI=1S/C11H14N2O3/c1-6-10(5-11(14)15)16-9-3-2-7(12)4-8(9)13-6/h2-4,6,10,13H,5,12H2,1H3,(H,14,15). The minimum atomic E-state index is -0.863. The number of aliphatic carboxylic acids is 1. The van der Waals surface area contributed by atoms with Crippen LogP contribution in [0.3, 0.4) is 0 Å². The van der Waals surface area contributed by atoms with Crippen molar-refractivity contribution in [3.8, 4) is 5.75 Å². The summed E-state index contributed by atoms with van der Waals surface area (Å²) in [6, 6.07) is 5.21. The molecule has 1 aromatic rings. The van der Waals surface area contributed by atoms with Crippen molar-refractivity contribution in [2.75, 3.05) is 11.1 Å². The molecule has 1 aromatic carbocycles. The Labute approximate surface area is 93.2 Å². The summed E-state index contributed by atoms with van der Waals surface area (Å²) in [5.74, 6) is -0.212. The van der Waals surface area contributed by atoms with E-state index in [2.05, 4.69) is 5.32 Å². The molecule has 0 saturated carbocycles. The second-order valence-corrected chi connectivity index (χ2v) is 3.94. The number of anilines is 2. The summed E-state index contributed by atoms with van der Waals surface area (Å²) >= 11 is 0. The number of carbonyl (C=O) groups is 1. The van der Waals surface area contributed by atoms with Gasteiger partial charge in [0.15, 0.2) is 0 Å². The Balaban J connectivity index is 2.21. The van der Waals surface area contributed by atoms with Crippen molar-refractivity contribution >= 4 is 17.3 Å². The Morgan fingerprint density at radius 3 is 3.06 bits per heavy atom. The number of carboxylic acid groups (broad SMARTS) is 1. The molecule has 16 heavy (non-hydrogen) atoms. The zero-order valence-corrected chi connectivity index (χ0v) is 8.93. The Kier molecular flexibility index (Phi) is 2.60. The van der Waals surface area contributed by atoms with E-state index in [1.807, 2.05) is 6.92 Å². The highest BCUT2D eigenvalue weighted by atomic mass is 16.5. The third-order valence-electron chi connectivity index (χ3n) is 2.60. The van der Waals surface area contributed by atoms with Crippen LogP contribution in [-0.2, 0) is 4.79 Å². The minimum absolute atomic E-state index is 0.0159. The van der Waals surface area contributed by atoms with Gasteiger partial charge in [0.2, 0.25) is 0 Å². The van der Waals surface area contributed by atoms with Gasteiger partial charge in [0, 0.05) is 5.69 Å². The van der Waals surface area contributed by atoms with Crippen LogP contribution in [-0.4, -0.2) is 23.2 Å². The Bertz CT molecular complexity index is 420. The fraction of sp³-hybridized carbons (Fsp3) is 0.364. The maximum Gasteiger partial charge on any atom is 0.307 e. The van der Waals surface area contributed by atoms with E-state index >= 15 is 0 Å². The highest BCUT2D eigenvalue weighted by molar-refractivity contribution is 5.69. The van der Waals surface area contributed by atoms with Gasteiger partial charge in [-0.1, -0.05) is 0 Å². The summed E-state index contributed by atoms with van der Waals surface area (Å²) in [5, 5.41) is 11.9. The number of hydrogen-bond acceptors (Lipinski definition) is 4. The number of rotatable bonds is 2. The lowest BCUT2D eigenvalue weighted by atomic mass is 10.1. The van der Waals surface area contributed by atoms with E-state index in [9.17, 15) is 4.79 Å².